The molecule has 27 heavy (non-hydrogen) atoms. The van der Waals surface area contributed by atoms with Crippen LogP contribution in [0, 0.1) is 6.92 Å². The molecule has 0 radical (unpaired) electrons. The second kappa shape index (κ2) is 8.24. The second-order valence-corrected chi connectivity index (χ2v) is 7.08. The molecule has 0 saturated carbocycles. The van der Waals surface area contributed by atoms with Crippen LogP contribution < -0.4 is 10.2 Å². The largest absolute Gasteiger partial charge is 0.356 e. The van der Waals surface area contributed by atoms with Gasteiger partial charge in [0.2, 0.25) is 5.91 Å². The van der Waals surface area contributed by atoms with Crippen LogP contribution in [0.25, 0.3) is 0 Å². The van der Waals surface area contributed by atoms with Gasteiger partial charge in [0.05, 0.1) is 11.9 Å². The summed E-state index contributed by atoms with van der Waals surface area (Å²) in [6, 6.07) is 8.61. The summed E-state index contributed by atoms with van der Waals surface area (Å²) >= 11 is 0. The smallest absolute Gasteiger partial charge is 0.246 e. The van der Waals surface area contributed by atoms with Crippen LogP contribution in [0.4, 0.5) is 5.69 Å². The molecule has 2 heterocycles. The minimum Gasteiger partial charge on any atom is -0.356 e. The van der Waals surface area contributed by atoms with E-state index in [1.807, 2.05) is 18.1 Å². The number of anilines is 1. The lowest BCUT2D eigenvalue weighted by Gasteiger charge is -2.35. The Hall–Kier alpha value is -2.83. The van der Waals surface area contributed by atoms with E-state index in [9.17, 15) is 4.79 Å². The summed E-state index contributed by atoms with van der Waals surface area (Å²) in [7, 11) is 3.61. The molecule has 1 aromatic heterocycles. The highest BCUT2D eigenvalue weighted by atomic mass is 16.2. The third-order valence-corrected chi connectivity index (χ3v) is 4.95. The van der Waals surface area contributed by atoms with Crippen molar-refractivity contribution in [3.8, 4) is 0 Å². The van der Waals surface area contributed by atoms with Gasteiger partial charge in [-0.3, -0.25) is 14.5 Å². The molecule has 1 saturated heterocycles. The van der Waals surface area contributed by atoms with Crippen LogP contribution >= 0.6 is 0 Å². The molecule has 1 aromatic carbocycles. The van der Waals surface area contributed by atoms with Crippen LogP contribution in [0.2, 0.25) is 0 Å². The number of guanidine groups is 1. The quantitative estimate of drug-likeness (QED) is 0.660. The average molecular weight is 368 g/mol. The van der Waals surface area contributed by atoms with E-state index >= 15 is 0 Å². The number of aromatic nitrogens is 2. The molecule has 1 aliphatic heterocycles. The van der Waals surface area contributed by atoms with Crippen molar-refractivity contribution in [3.05, 3.63) is 47.8 Å². The molecule has 0 bridgehead atoms. The predicted octanol–water partition coefficient (Wildman–Crippen LogP) is 1.76. The number of benzene rings is 1. The van der Waals surface area contributed by atoms with Crippen LogP contribution in [-0.2, 0) is 11.8 Å². The minimum atomic E-state index is 0.0591. The molecule has 2 aromatic rings. The molecule has 0 spiro atoms. The number of aliphatic imine (C=N–C) groups is 1. The number of hydrogen-bond acceptors (Lipinski definition) is 3. The van der Waals surface area contributed by atoms with Gasteiger partial charge in [-0.25, -0.2) is 0 Å². The van der Waals surface area contributed by atoms with E-state index in [1.165, 1.54) is 11.1 Å². The molecule has 144 valence electrons. The van der Waals surface area contributed by atoms with Crippen molar-refractivity contribution >= 4 is 17.6 Å². The van der Waals surface area contributed by atoms with Gasteiger partial charge in [0.25, 0.3) is 0 Å². The normalized spacial score (nSPS) is 16.6. The Morgan fingerprint density at radius 3 is 2.63 bits per heavy atom. The first-order valence-electron chi connectivity index (χ1n) is 9.29. The third-order valence-electron chi connectivity index (χ3n) is 4.95. The third kappa shape index (κ3) is 4.48. The number of nitrogens with zero attached hydrogens (tertiary/aromatic N) is 5. The zero-order valence-corrected chi connectivity index (χ0v) is 16.5. The fraction of sp³-hybridized carbons (Fsp3) is 0.450. The Bertz CT molecular complexity index is 810. The number of aryl methyl sites for hydroxylation is 2. The van der Waals surface area contributed by atoms with Crippen molar-refractivity contribution in [1.82, 2.24) is 20.0 Å². The van der Waals surface area contributed by atoms with Crippen molar-refractivity contribution in [2.24, 2.45) is 12.0 Å². The summed E-state index contributed by atoms with van der Waals surface area (Å²) in [5.74, 6) is 1.19. The van der Waals surface area contributed by atoms with Crippen molar-refractivity contribution < 1.29 is 4.79 Å². The molecular formula is C20H28N6O. The Morgan fingerprint density at radius 2 is 2.04 bits per heavy atom. The van der Waals surface area contributed by atoms with Crippen molar-refractivity contribution in [3.63, 3.8) is 0 Å². The van der Waals surface area contributed by atoms with Crippen LogP contribution in [0.1, 0.15) is 24.0 Å². The highest BCUT2D eigenvalue weighted by Crippen LogP contribution is 2.17. The molecule has 7 nitrogen and oxygen atoms in total. The monoisotopic (exact) mass is 368 g/mol. The molecular weight excluding hydrogens is 340 g/mol. The fourth-order valence-corrected chi connectivity index (χ4v) is 3.26. The maximum Gasteiger partial charge on any atom is 0.246 e. The Kier molecular flexibility index (Phi) is 5.78. The van der Waals surface area contributed by atoms with E-state index in [2.05, 4.69) is 53.5 Å². The van der Waals surface area contributed by atoms with E-state index in [-0.39, 0.29) is 5.91 Å². The van der Waals surface area contributed by atoms with Gasteiger partial charge >= 0.3 is 0 Å². The zero-order valence-electron chi connectivity index (χ0n) is 16.5. The lowest BCUT2D eigenvalue weighted by molar-refractivity contribution is -0.120. The van der Waals surface area contributed by atoms with E-state index in [1.54, 1.807) is 22.8 Å². The SMILES string of the molecule is CN=C(NCC(C)c1ccc(C)cc1)N1CCN(c2cnn(C)c2)C(=O)C1. The summed E-state index contributed by atoms with van der Waals surface area (Å²) in [6.07, 6.45) is 3.59. The molecule has 0 aliphatic carbocycles. The Labute approximate surface area is 160 Å². The predicted molar refractivity (Wildman–Crippen MR) is 108 cm³/mol. The van der Waals surface area contributed by atoms with E-state index in [0.29, 0.717) is 19.0 Å². The molecule has 3 rings (SSSR count). The maximum absolute atomic E-state index is 12.6. The van der Waals surface area contributed by atoms with Crippen molar-refractivity contribution in [2.75, 3.05) is 38.1 Å². The van der Waals surface area contributed by atoms with Gasteiger partial charge in [0.1, 0.15) is 6.54 Å². The van der Waals surface area contributed by atoms with Gasteiger partial charge in [-0.05, 0) is 18.4 Å². The second-order valence-electron chi connectivity index (χ2n) is 7.08. The zero-order chi connectivity index (χ0) is 19.4. The van der Waals surface area contributed by atoms with Crippen molar-refractivity contribution in [2.45, 2.75) is 19.8 Å². The van der Waals surface area contributed by atoms with Crippen molar-refractivity contribution in [1.29, 1.82) is 0 Å². The molecule has 1 atom stereocenters. The Morgan fingerprint density at radius 1 is 1.30 bits per heavy atom. The molecule has 1 N–H and O–H groups in total. The molecule has 1 amide bonds. The number of carbonyl (C=O) groups excluding carboxylic acids is 1. The molecule has 1 unspecified atom stereocenters. The van der Waals surface area contributed by atoms with E-state index < -0.39 is 0 Å². The minimum absolute atomic E-state index is 0.0591. The van der Waals surface area contributed by atoms with Gasteiger partial charge in [-0.2, -0.15) is 5.10 Å². The maximum atomic E-state index is 12.6. The lowest BCUT2D eigenvalue weighted by Crippen LogP contribution is -2.55. The number of carbonyl (C=O) groups is 1. The topological polar surface area (TPSA) is 65.8 Å². The number of nitrogens with one attached hydrogen (secondary N) is 1. The highest BCUT2D eigenvalue weighted by Gasteiger charge is 2.27. The van der Waals surface area contributed by atoms with Gasteiger partial charge < -0.3 is 15.1 Å². The summed E-state index contributed by atoms with van der Waals surface area (Å²) in [4.78, 5) is 20.8. The lowest BCUT2D eigenvalue weighted by atomic mass is 10.0. The van der Waals surface area contributed by atoms with E-state index in [4.69, 9.17) is 0 Å². The Balaban J connectivity index is 1.57. The average Bonchev–Trinajstić information content (AvgIpc) is 3.09. The van der Waals surface area contributed by atoms with Gasteiger partial charge in [-0.15, -0.1) is 0 Å². The van der Waals surface area contributed by atoms with Crippen LogP contribution in [-0.4, -0.2) is 59.8 Å². The first-order chi connectivity index (χ1) is 13.0. The fourth-order valence-electron chi connectivity index (χ4n) is 3.26. The number of amides is 1. The summed E-state index contributed by atoms with van der Waals surface area (Å²) in [5, 5.41) is 7.57. The van der Waals surface area contributed by atoms with Crippen LogP contribution in [0.3, 0.4) is 0 Å². The number of hydrogen-bond donors (Lipinski definition) is 1. The van der Waals surface area contributed by atoms with Crippen LogP contribution in [0.5, 0.6) is 0 Å². The first kappa shape index (κ1) is 18.9. The molecule has 1 fully saturated rings. The van der Waals surface area contributed by atoms with Crippen LogP contribution in [0.15, 0.2) is 41.7 Å². The molecule has 1 aliphatic rings. The van der Waals surface area contributed by atoms with Gasteiger partial charge in [0, 0.05) is 39.9 Å². The summed E-state index contributed by atoms with van der Waals surface area (Å²) in [5.41, 5.74) is 3.40. The van der Waals surface area contributed by atoms with Gasteiger partial charge in [0.15, 0.2) is 5.96 Å². The molecule has 7 heteroatoms. The highest BCUT2D eigenvalue weighted by molar-refractivity contribution is 5.98. The number of rotatable bonds is 4. The first-order valence-corrected chi connectivity index (χ1v) is 9.29. The standard InChI is InChI=1S/C20H28N6O/c1-15-5-7-17(8-6-15)16(2)11-22-20(21-3)25-9-10-26(19(27)14-25)18-12-23-24(4)13-18/h5-8,12-13,16H,9-11,14H2,1-4H3,(H,21,22). The van der Waals surface area contributed by atoms with Gasteiger partial charge in [-0.1, -0.05) is 36.8 Å². The summed E-state index contributed by atoms with van der Waals surface area (Å²) in [6.45, 7) is 6.73. The van der Waals surface area contributed by atoms with E-state index in [0.717, 1.165) is 24.7 Å². The number of piperazine rings is 1. The summed E-state index contributed by atoms with van der Waals surface area (Å²) < 4.78 is 1.71.